The first kappa shape index (κ1) is 13.0. The molecule has 0 spiro atoms. The van der Waals surface area contributed by atoms with Crippen LogP contribution in [-0.4, -0.2) is 29.0 Å². The Labute approximate surface area is 118 Å². The maximum absolute atomic E-state index is 12.5. The second-order valence-corrected chi connectivity index (χ2v) is 5.68. The van der Waals surface area contributed by atoms with Crippen LogP contribution in [0.4, 0.5) is 0 Å². The number of amides is 1. The number of carbonyl (C=O) groups excluding carboxylic acids is 1. The van der Waals surface area contributed by atoms with Crippen molar-refractivity contribution in [2.75, 3.05) is 7.05 Å². The molecule has 1 aliphatic rings. The Bertz CT molecular complexity index is 661. The first-order valence-electron chi connectivity index (χ1n) is 7.07. The highest BCUT2D eigenvalue weighted by molar-refractivity contribution is 6.03. The van der Waals surface area contributed by atoms with Crippen LogP contribution in [0.5, 0.6) is 5.75 Å². The molecular formula is C17H19NO2. The molecule has 3 rings (SSSR count). The van der Waals surface area contributed by atoms with Gasteiger partial charge in [0.05, 0.1) is 5.56 Å². The van der Waals surface area contributed by atoms with E-state index in [-0.39, 0.29) is 17.7 Å². The topological polar surface area (TPSA) is 40.5 Å². The number of hydrogen-bond acceptors (Lipinski definition) is 2. The van der Waals surface area contributed by atoms with Crippen LogP contribution in [0, 0.1) is 5.92 Å². The number of phenols is 1. The second-order valence-electron chi connectivity index (χ2n) is 5.68. The molecule has 0 aliphatic heterocycles. The summed E-state index contributed by atoms with van der Waals surface area (Å²) in [6.45, 7) is 2.08. The highest BCUT2D eigenvalue weighted by atomic mass is 16.3. The predicted octanol–water partition coefficient (Wildman–Crippen LogP) is 3.42. The van der Waals surface area contributed by atoms with Crippen molar-refractivity contribution in [1.29, 1.82) is 0 Å². The largest absolute Gasteiger partial charge is 0.506 e. The highest BCUT2D eigenvalue weighted by Gasteiger charge is 2.33. The predicted molar refractivity (Wildman–Crippen MR) is 79.9 cm³/mol. The monoisotopic (exact) mass is 269 g/mol. The fraction of sp³-hybridized carbons (Fsp3) is 0.353. The molecule has 104 valence electrons. The molecule has 1 aliphatic carbocycles. The summed E-state index contributed by atoms with van der Waals surface area (Å²) in [7, 11) is 1.82. The fourth-order valence-electron chi connectivity index (χ4n) is 2.70. The minimum atomic E-state index is -0.104. The van der Waals surface area contributed by atoms with E-state index in [1.165, 1.54) is 12.8 Å². The second kappa shape index (κ2) is 4.82. The quantitative estimate of drug-likeness (QED) is 0.927. The van der Waals surface area contributed by atoms with Gasteiger partial charge in [-0.2, -0.15) is 0 Å². The van der Waals surface area contributed by atoms with E-state index in [9.17, 15) is 9.90 Å². The molecule has 0 heterocycles. The van der Waals surface area contributed by atoms with E-state index in [2.05, 4.69) is 6.92 Å². The van der Waals surface area contributed by atoms with Crippen molar-refractivity contribution in [3.8, 4) is 5.75 Å². The molecule has 3 heteroatoms. The lowest BCUT2D eigenvalue weighted by Gasteiger charge is -2.25. The minimum absolute atomic E-state index is 0.0861. The number of aromatic hydroxyl groups is 1. The zero-order valence-electron chi connectivity index (χ0n) is 11.8. The standard InChI is InChI=1S/C17H19NO2/c1-11(12-7-8-12)18(2)17(20)15-10-9-13-5-3-4-6-14(13)16(15)19/h3-6,9-12,19H,7-8H2,1-2H3. The Kier molecular flexibility index (Phi) is 3.13. The van der Waals surface area contributed by atoms with Crippen molar-refractivity contribution >= 4 is 16.7 Å². The van der Waals surface area contributed by atoms with Gasteiger partial charge in [0.25, 0.3) is 5.91 Å². The molecule has 0 aromatic heterocycles. The average molecular weight is 269 g/mol. The first-order valence-corrected chi connectivity index (χ1v) is 7.07. The molecule has 0 bridgehead atoms. The smallest absolute Gasteiger partial charge is 0.257 e. The molecule has 1 atom stereocenters. The lowest BCUT2D eigenvalue weighted by Crippen LogP contribution is -2.36. The van der Waals surface area contributed by atoms with Gasteiger partial charge in [-0.25, -0.2) is 0 Å². The van der Waals surface area contributed by atoms with Crippen molar-refractivity contribution in [2.24, 2.45) is 5.92 Å². The normalized spacial score (nSPS) is 16.1. The van der Waals surface area contributed by atoms with Crippen molar-refractivity contribution in [2.45, 2.75) is 25.8 Å². The molecule has 0 radical (unpaired) electrons. The Hall–Kier alpha value is -2.03. The summed E-state index contributed by atoms with van der Waals surface area (Å²) < 4.78 is 0. The van der Waals surface area contributed by atoms with Crippen LogP contribution < -0.4 is 0 Å². The molecule has 2 aromatic carbocycles. The molecule has 20 heavy (non-hydrogen) atoms. The summed E-state index contributed by atoms with van der Waals surface area (Å²) in [5, 5.41) is 12.0. The summed E-state index contributed by atoms with van der Waals surface area (Å²) in [6.07, 6.45) is 2.39. The van der Waals surface area contributed by atoms with Gasteiger partial charge in [-0.15, -0.1) is 0 Å². The van der Waals surface area contributed by atoms with E-state index < -0.39 is 0 Å². The fourth-order valence-corrected chi connectivity index (χ4v) is 2.70. The maximum atomic E-state index is 12.5. The molecule has 1 amide bonds. The van der Waals surface area contributed by atoms with E-state index in [1.54, 1.807) is 11.0 Å². The van der Waals surface area contributed by atoms with Crippen molar-refractivity contribution in [3.63, 3.8) is 0 Å². The van der Waals surface area contributed by atoms with E-state index in [1.807, 2.05) is 37.4 Å². The Morgan fingerprint density at radius 2 is 1.95 bits per heavy atom. The van der Waals surface area contributed by atoms with Gasteiger partial charge in [-0.05, 0) is 37.1 Å². The van der Waals surface area contributed by atoms with Gasteiger partial charge in [-0.1, -0.05) is 30.3 Å². The molecule has 1 fully saturated rings. The third kappa shape index (κ3) is 2.13. The lowest BCUT2D eigenvalue weighted by molar-refractivity contribution is 0.0724. The van der Waals surface area contributed by atoms with Crippen LogP contribution in [0.3, 0.4) is 0 Å². The van der Waals surface area contributed by atoms with Gasteiger partial charge < -0.3 is 10.0 Å². The van der Waals surface area contributed by atoms with Crippen LogP contribution in [0.25, 0.3) is 10.8 Å². The van der Waals surface area contributed by atoms with E-state index in [4.69, 9.17) is 0 Å². The Balaban J connectivity index is 1.96. The van der Waals surface area contributed by atoms with Gasteiger partial charge in [0.1, 0.15) is 5.75 Å². The summed E-state index contributed by atoms with van der Waals surface area (Å²) in [6, 6.07) is 11.4. The van der Waals surface area contributed by atoms with Gasteiger partial charge >= 0.3 is 0 Å². The maximum Gasteiger partial charge on any atom is 0.257 e. The number of fused-ring (bicyclic) bond motifs is 1. The number of carbonyl (C=O) groups is 1. The molecule has 1 unspecified atom stereocenters. The van der Waals surface area contributed by atoms with E-state index in [0.29, 0.717) is 11.5 Å². The van der Waals surface area contributed by atoms with Crippen molar-refractivity contribution < 1.29 is 9.90 Å². The Morgan fingerprint density at radius 3 is 2.65 bits per heavy atom. The third-order valence-electron chi connectivity index (χ3n) is 4.37. The van der Waals surface area contributed by atoms with Crippen molar-refractivity contribution in [1.82, 2.24) is 4.90 Å². The number of rotatable bonds is 3. The summed E-state index contributed by atoms with van der Waals surface area (Å²) >= 11 is 0. The van der Waals surface area contributed by atoms with Crippen molar-refractivity contribution in [3.05, 3.63) is 42.0 Å². The van der Waals surface area contributed by atoms with E-state index in [0.717, 1.165) is 10.8 Å². The van der Waals surface area contributed by atoms with Crippen LogP contribution in [-0.2, 0) is 0 Å². The lowest BCUT2D eigenvalue weighted by atomic mass is 10.0. The summed E-state index contributed by atoms with van der Waals surface area (Å²) in [5.41, 5.74) is 0.388. The number of nitrogens with zero attached hydrogens (tertiary/aromatic N) is 1. The van der Waals surface area contributed by atoms with Gasteiger partial charge in [0, 0.05) is 18.5 Å². The summed E-state index contributed by atoms with van der Waals surface area (Å²) in [4.78, 5) is 14.3. The van der Waals surface area contributed by atoms with Crippen LogP contribution in [0.1, 0.15) is 30.1 Å². The average Bonchev–Trinajstić information content (AvgIpc) is 3.30. The van der Waals surface area contributed by atoms with E-state index >= 15 is 0 Å². The van der Waals surface area contributed by atoms with Crippen LogP contribution >= 0.6 is 0 Å². The van der Waals surface area contributed by atoms with Gasteiger partial charge in [0.15, 0.2) is 0 Å². The van der Waals surface area contributed by atoms with Crippen LogP contribution in [0.15, 0.2) is 36.4 Å². The number of hydrogen-bond donors (Lipinski definition) is 1. The van der Waals surface area contributed by atoms with Gasteiger partial charge in [0.2, 0.25) is 0 Å². The number of phenolic OH excluding ortho intramolecular Hbond substituents is 1. The molecule has 2 aromatic rings. The zero-order valence-corrected chi connectivity index (χ0v) is 11.8. The summed E-state index contributed by atoms with van der Waals surface area (Å²) in [5.74, 6) is 0.599. The first-order chi connectivity index (χ1) is 9.59. The zero-order chi connectivity index (χ0) is 14.3. The molecule has 0 saturated heterocycles. The SMILES string of the molecule is CC(C1CC1)N(C)C(=O)c1ccc2ccccc2c1O. The molecular weight excluding hydrogens is 250 g/mol. The number of benzene rings is 2. The molecule has 1 saturated carbocycles. The Morgan fingerprint density at radius 1 is 1.25 bits per heavy atom. The van der Waals surface area contributed by atoms with Crippen LogP contribution in [0.2, 0.25) is 0 Å². The minimum Gasteiger partial charge on any atom is -0.506 e. The highest BCUT2D eigenvalue weighted by Crippen LogP contribution is 2.36. The van der Waals surface area contributed by atoms with Gasteiger partial charge in [-0.3, -0.25) is 4.79 Å². The molecule has 1 N–H and O–H groups in total. The molecule has 3 nitrogen and oxygen atoms in total. The third-order valence-corrected chi connectivity index (χ3v) is 4.37.